The Morgan fingerprint density at radius 2 is 2.00 bits per heavy atom. The van der Waals surface area contributed by atoms with Crippen molar-refractivity contribution in [2.45, 2.75) is 19.5 Å². The smallest absolute Gasteiger partial charge is 0.212 e. The molecule has 0 bridgehead atoms. The number of methoxy groups -OCH3 is 1. The van der Waals surface area contributed by atoms with Gasteiger partial charge in [0.2, 0.25) is 5.88 Å². The van der Waals surface area contributed by atoms with Crippen LogP contribution in [-0.2, 0) is 6.54 Å². The molecule has 2 aromatic rings. The minimum Gasteiger partial charge on any atom is -0.481 e. The molecule has 0 saturated heterocycles. The first-order chi connectivity index (χ1) is 10.3. The van der Waals surface area contributed by atoms with Crippen molar-refractivity contribution in [2.75, 3.05) is 20.2 Å². The van der Waals surface area contributed by atoms with Crippen LogP contribution in [0.25, 0.3) is 0 Å². The molecule has 0 saturated carbocycles. The third-order valence-corrected chi connectivity index (χ3v) is 3.56. The Morgan fingerprint density at radius 1 is 1.24 bits per heavy atom. The van der Waals surface area contributed by atoms with Crippen LogP contribution in [-0.4, -0.2) is 35.1 Å². The summed E-state index contributed by atoms with van der Waals surface area (Å²) >= 11 is 0. The summed E-state index contributed by atoms with van der Waals surface area (Å²) in [5.74, 6) is 0.617. The molecule has 0 radical (unpaired) electrons. The molecule has 2 aromatic heterocycles. The van der Waals surface area contributed by atoms with Crippen molar-refractivity contribution in [3.8, 4) is 5.88 Å². The van der Waals surface area contributed by atoms with Gasteiger partial charge in [0, 0.05) is 43.8 Å². The number of nitrogens with two attached hydrogens (primary N) is 1. The van der Waals surface area contributed by atoms with Crippen LogP contribution in [0, 0.1) is 0 Å². The van der Waals surface area contributed by atoms with Gasteiger partial charge in [0.1, 0.15) is 0 Å². The Bertz CT molecular complexity index is 530. The number of nitrogens with zero attached hydrogens (tertiary/aromatic N) is 3. The Hall–Kier alpha value is -1.98. The number of likely N-dealkylation sites (N-methyl/N-ethyl adjacent to an activating group) is 1. The van der Waals surface area contributed by atoms with Crippen LogP contribution in [0.4, 0.5) is 0 Å². The van der Waals surface area contributed by atoms with Gasteiger partial charge in [-0.15, -0.1) is 0 Å². The molecule has 0 aliphatic heterocycles. The SMILES string of the molecule is CCN(Cc1ccncc1)C(CN)c1ccc(OC)nc1. The van der Waals surface area contributed by atoms with Gasteiger partial charge in [0.15, 0.2) is 0 Å². The number of hydrogen-bond acceptors (Lipinski definition) is 5. The van der Waals surface area contributed by atoms with Crippen LogP contribution in [0.1, 0.15) is 24.1 Å². The van der Waals surface area contributed by atoms with Crippen molar-refractivity contribution in [1.29, 1.82) is 0 Å². The van der Waals surface area contributed by atoms with Crippen LogP contribution in [0.3, 0.4) is 0 Å². The third-order valence-electron chi connectivity index (χ3n) is 3.56. The van der Waals surface area contributed by atoms with E-state index in [4.69, 9.17) is 10.5 Å². The molecule has 1 atom stereocenters. The van der Waals surface area contributed by atoms with Crippen molar-refractivity contribution < 1.29 is 4.74 Å². The molecule has 2 rings (SSSR count). The van der Waals surface area contributed by atoms with Crippen LogP contribution in [0.5, 0.6) is 5.88 Å². The van der Waals surface area contributed by atoms with Gasteiger partial charge in [0.25, 0.3) is 0 Å². The summed E-state index contributed by atoms with van der Waals surface area (Å²) in [6, 6.07) is 8.10. The fourth-order valence-corrected chi connectivity index (χ4v) is 2.37. The van der Waals surface area contributed by atoms with Gasteiger partial charge in [-0.3, -0.25) is 9.88 Å². The van der Waals surface area contributed by atoms with Gasteiger partial charge in [0.05, 0.1) is 7.11 Å². The molecule has 5 nitrogen and oxygen atoms in total. The number of ether oxygens (including phenoxy) is 1. The van der Waals surface area contributed by atoms with E-state index in [1.807, 2.05) is 42.9 Å². The van der Waals surface area contributed by atoms with Crippen LogP contribution in [0.2, 0.25) is 0 Å². The number of pyridine rings is 2. The number of rotatable bonds is 7. The van der Waals surface area contributed by atoms with Crippen molar-refractivity contribution in [1.82, 2.24) is 14.9 Å². The van der Waals surface area contributed by atoms with Gasteiger partial charge in [-0.1, -0.05) is 13.0 Å². The summed E-state index contributed by atoms with van der Waals surface area (Å²) in [7, 11) is 1.62. The van der Waals surface area contributed by atoms with Crippen LogP contribution in [0.15, 0.2) is 42.9 Å². The molecule has 0 amide bonds. The predicted molar refractivity (Wildman–Crippen MR) is 82.9 cm³/mol. The highest BCUT2D eigenvalue weighted by Gasteiger charge is 2.18. The average Bonchev–Trinajstić information content (AvgIpc) is 2.56. The van der Waals surface area contributed by atoms with E-state index >= 15 is 0 Å². The fraction of sp³-hybridized carbons (Fsp3) is 0.375. The lowest BCUT2D eigenvalue weighted by molar-refractivity contribution is 0.203. The quantitative estimate of drug-likeness (QED) is 0.843. The van der Waals surface area contributed by atoms with Crippen molar-refractivity contribution in [3.63, 3.8) is 0 Å². The Kier molecular flexibility index (Phi) is 5.66. The van der Waals surface area contributed by atoms with Crippen molar-refractivity contribution in [2.24, 2.45) is 5.73 Å². The molecule has 0 aliphatic rings. The van der Waals surface area contributed by atoms with Crippen molar-refractivity contribution >= 4 is 0 Å². The predicted octanol–water partition coefficient (Wildman–Crippen LogP) is 2.01. The molecule has 21 heavy (non-hydrogen) atoms. The first-order valence-corrected chi connectivity index (χ1v) is 7.11. The zero-order chi connectivity index (χ0) is 15.1. The van der Waals surface area contributed by atoms with E-state index in [2.05, 4.69) is 21.8 Å². The molecule has 0 spiro atoms. The van der Waals surface area contributed by atoms with Gasteiger partial charge >= 0.3 is 0 Å². The summed E-state index contributed by atoms with van der Waals surface area (Å²) in [4.78, 5) is 10.7. The second-order valence-corrected chi connectivity index (χ2v) is 4.80. The second kappa shape index (κ2) is 7.71. The zero-order valence-corrected chi connectivity index (χ0v) is 12.6. The normalized spacial score (nSPS) is 12.4. The topological polar surface area (TPSA) is 64.3 Å². The van der Waals surface area contributed by atoms with Crippen molar-refractivity contribution in [3.05, 3.63) is 54.0 Å². The highest BCUT2D eigenvalue weighted by Crippen LogP contribution is 2.22. The monoisotopic (exact) mass is 286 g/mol. The maximum atomic E-state index is 5.99. The summed E-state index contributed by atoms with van der Waals surface area (Å²) < 4.78 is 5.10. The van der Waals surface area contributed by atoms with Crippen LogP contribution >= 0.6 is 0 Å². The van der Waals surface area contributed by atoms with Crippen LogP contribution < -0.4 is 10.5 Å². The van der Waals surface area contributed by atoms with E-state index in [0.717, 1.165) is 18.7 Å². The lowest BCUT2D eigenvalue weighted by atomic mass is 10.1. The molecular formula is C16H22N4O. The Labute approximate surface area is 125 Å². The molecule has 2 N–H and O–H groups in total. The largest absolute Gasteiger partial charge is 0.481 e. The average molecular weight is 286 g/mol. The minimum absolute atomic E-state index is 0.140. The van der Waals surface area contributed by atoms with Gasteiger partial charge in [-0.25, -0.2) is 4.98 Å². The lowest BCUT2D eigenvalue weighted by Gasteiger charge is -2.30. The highest BCUT2D eigenvalue weighted by molar-refractivity contribution is 5.22. The van der Waals surface area contributed by atoms with E-state index < -0.39 is 0 Å². The molecular weight excluding hydrogens is 264 g/mol. The molecule has 2 heterocycles. The molecule has 0 aliphatic carbocycles. The van der Waals surface area contributed by atoms with E-state index in [9.17, 15) is 0 Å². The van der Waals surface area contributed by atoms with Gasteiger partial charge < -0.3 is 10.5 Å². The molecule has 5 heteroatoms. The Balaban J connectivity index is 2.16. The summed E-state index contributed by atoms with van der Waals surface area (Å²) in [6.45, 7) is 4.44. The van der Waals surface area contributed by atoms with E-state index in [-0.39, 0.29) is 6.04 Å². The first kappa shape index (κ1) is 15.4. The standard InChI is InChI=1S/C16H22N4O/c1-3-20(12-13-6-8-18-9-7-13)15(10-17)14-4-5-16(21-2)19-11-14/h4-9,11,15H,3,10,12,17H2,1-2H3. The third kappa shape index (κ3) is 4.00. The summed E-state index contributed by atoms with van der Waals surface area (Å²) in [5.41, 5.74) is 8.33. The Morgan fingerprint density at radius 3 is 2.52 bits per heavy atom. The number of hydrogen-bond donors (Lipinski definition) is 1. The summed E-state index contributed by atoms with van der Waals surface area (Å²) in [6.07, 6.45) is 5.47. The molecule has 1 unspecified atom stereocenters. The van der Waals surface area contributed by atoms with Gasteiger partial charge in [-0.2, -0.15) is 0 Å². The van der Waals surface area contributed by atoms with E-state index in [0.29, 0.717) is 12.4 Å². The molecule has 0 aromatic carbocycles. The fourth-order valence-electron chi connectivity index (χ4n) is 2.37. The van der Waals surface area contributed by atoms with E-state index in [1.165, 1.54) is 5.56 Å². The summed E-state index contributed by atoms with van der Waals surface area (Å²) in [5, 5.41) is 0. The first-order valence-electron chi connectivity index (χ1n) is 7.11. The minimum atomic E-state index is 0.140. The highest BCUT2D eigenvalue weighted by atomic mass is 16.5. The molecule has 112 valence electrons. The van der Waals surface area contributed by atoms with E-state index in [1.54, 1.807) is 7.11 Å². The number of aromatic nitrogens is 2. The lowest BCUT2D eigenvalue weighted by Crippen LogP contribution is -2.33. The zero-order valence-electron chi connectivity index (χ0n) is 12.6. The maximum Gasteiger partial charge on any atom is 0.212 e. The maximum absolute atomic E-state index is 5.99. The molecule has 0 fully saturated rings. The second-order valence-electron chi connectivity index (χ2n) is 4.80. The van der Waals surface area contributed by atoms with Gasteiger partial charge in [-0.05, 0) is 29.8 Å².